The van der Waals surface area contributed by atoms with Gasteiger partial charge in [-0.3, -0.25) is 4.79 Å². The number of carbonyl (C=O) groups excluding carboxylic acids is 1. The van der Waals surface area contributed by atoms with Crippen molar-refractivity contribution in [2.75, 3.05) is 19.7 Å². The van der Waals surface area contributed by atoms with Crippen molar-refractivity contribution in [1.29, 1.82) is 0 Å². The molecule has 1 amide bonds. The van der Waals surface area contributed by atoms with Gasteiger partial charge in [0.2, 0.25) is 0 Å². The van der Waals surface area contributed by atoms with Crippen LogP contribution in [0.5, 0.6) is 0 Å². The van der Waals surface area contributed by atoms with E-state index in [1.807, 2.05) is 26.8 Å². The predicted molar refractivity (Wildman–Crippen MR) is 77.3 cm³/mol. The first-order valence-electron chi connectivity index (χ1n) is 5.68. The van der Waals surface area contributed by atoms with Crippen LogP contribution in [0.2, 0.25) is 0 Å². The Balaban J connectivity index is 3.10. The number of amides is 1. The van der Waals surface area contributed by atoms with Crippen LogP contribution < -0.4 is 0 Å². The molecular weight excluding hydrogens is 329 g/mol. The van der Waals surface area contributed by atoms with Gasteiger partial charge in [-0.25, -0.2) is 0 Å². The average Bonchev–Trinajstić information content (AvgIpc) is 2.29. The van der Waals surface area contributed by atoms with Crippen molar-refractivity contribution >= 4 is 28.5 Å². The Kier molecular flexibility index (Phi) is 5.39. The number of carbonyl (C=O) groups is 1. The van der Waals surface area contributed by atoms with E-state index in [1.165, 1.54) is 0 Å². The zero-order chi connectivity index (χ0) is 13.0. The van der Waals surface area contributed by atoms with Gasteiger partial charge in [0.05, 0.1) is 6.61 Å². The first-order valence-corrected chi connectivity index (χ1v) is 6.76. The Hall–Kier alpha value is -0.620. The SMILES string of the molecule is CCN(CCO)C(=O)c1cc(I)cc(C)c1C. The second kappa shape index (κ2) is 6.35. The number of aliphatic hydroxyl groups is 1. The molecule has 0 aliphatic carbocycles. The molecule has 1 aromatic rings. The van der Waals surface area contributed by atoms with Crippen LogP contribution in [-0.2, 0) is 0 Å². The quantitative estimate of drug-likeness (QED) is 0.850. The van der Waals surface area contributed by atoms with Crippen LogP contribution in [0.3, 0.4) is 0 Å². The maximum Gasteiger partial charge on any atom is 0.254 e. The molecule has 0 bridgehead atoms. The molecule has 0 saturated heterocycles. The summed E-state index contributed by atoms with van der Waals surface area (Å²) in [5.74, 6) is 0.000617. The summed E-state index contributed by atoms with van der Waals surface area (Å²) in [5.41, 5.74) is 2.89. The average molecular weight is 347 g/mol. The molecule has 0 aliphatic rings. The van der Waals surface area contributed by atoms with Crippen LogP contribution in [0.25, 0.3) is 0 Å². The van der Waals surface area contributed by atoms with Crippen LogP contribution >= 0.6 is 22.6 Å². The molecule has 0 radical (unpaired) electrons. The van der Waals surface area contributed by atoms with E-state index in [0.717, 1.165) is 20.3 Å². The molecule has 0 aliphatic heterocycles. The molecule has 0 fully saturated rings. The van der Waals surface area contributed by atoms with E-state index in [2.05, 4.69) is 28.7 Å². The Labute approximate surface area is 116 Å². The summed E-state index contributed by atoms with van der Waals surface area (Å²) in [6.45, 7) is 6.90. The minimum absolute atomic E-state index is 0.000617. The molecule has 3 nitrogen and oxygen atoms in total. The van der Waals surface area contributed by atoms with Gasteiger partial charge in [0.15, 0.2) is 0 Å². The molecule has 0 spiro atoms. The summed E-state index contributed by atoms with van der Waals surface area (Å²) in [5, 5.41) is 8.95. The summed E-state index contributed by atoms with van der Waals surface area (Å²) >= 11 is 2.22. The number of benzene rings is 1. The number of likely N-dealkylation sites (N-methyl/N-ethyl adjacent to an activating group) is 1. The standard InChI is InChI=1S/C13H18INO2/c1-4-15(5-6-16)13(17)12-8-11(14)7-9(2)10(12)3/h7-8,16H,4-6H2,1-3H3. The maximum absolute atomic E-state index is 12.3. The lowest BCUT2D eigenvalue weighted by atomic mass is 10.0. The molecule has 0 unspecified atom stereocenters. The number of aliphatic hydroxyl groups excluding tert-OH is 1. The van der Waals surface area contributed by atoms with Gasteiger partial charge in [0.1, 0.15) is 0 Å². The Morgan fingerprint density at radius 2 is 2.06 bits per heavy atom. The fraction of sp³-hybridized carbons (Fsp3) is 0.462. The normalized spacial score (nSPS) is 10.4. The van der Waals surface area contributed by atoms with Crippen molar-refractivity contribution < 1.29 is 9.90 Å². The summed E-state index contributed by atoms with van der Waals surface area (Å²) in [7, 11) is 0. The highest BCUT2D eigenvalue weighted by Gasteiger charge is 2.17. The number of hydrogen-bond donors (Lipinski definition) is 1. The summed E-state index contributed by atoms with van der Waals surface area (Å²) in [6, 6.07) is 3.97. The van der Waals surface area contributed by atoms with E-state index in [1.54, 1.807) is 4.90 Å². The van der Waals surface area contributed by atoms with Gasteiger partial charge < -0.3 is 10.0 Å². The summed E-state index contributed by atoms with van der Waals surface area (Å²) < 4.78 is 1.06. The monoisotopic (exact) mass is 347 g/mol. The number of halogens is 1. The zero-order valence-corrected chi connectivity index (χ0v) is 12.6. The third kappa shape index (κ3) is 3.42. The van der Waals surface area contributed by atoms with Crippen molar-refractivity contribution in [2.45, 2.75) is 20.8 Å². The highest BCUT2D eigenvalue weighted by atomic mass is 127. The van der Waals surface area contributed by atoms with E-state index < -0.39 is 0 Å². The predicted octanol–water partition coefficient (Wildman–Crippen LogP) is 2.36. The highest BCUT2D eigenvalue weighted by molar-refractivity contribution is 14.1. The Bertz CT molecular complexity index is 418. The van der Waals surface area contributed by atoms with Crippen molar-refractivity contribution in [3.63, 3.8) is 0 Å². The van der Waals surface area contributed by atoms with Gasteiger partial charge in [-0.15, -0.1) is 0 Å². The largest absolute Gasteiger partial charge is 0.395 e. The lowest BCUT2D eigenvalue weighted by molar-refractivity contribution is 0.0731. The van der Waals surface area contributed by atoms with Gasteiger partial charge in [-0.05, 0) is 66.6 Å². The molecule has 0 aromatic heterocycles. The number of aryl methyl sites for hydroxylation is 1. The second-order valence-electron chi connectivity index (χ2n) is 4.00. The Morgan fingerprint density at radius 1 is 1.41 bits per heavy atom. The third-order valence-electron chi connectivity index (χ3n) is 2.90. The van der Waals surface area contributed by atoms with E-state index in [-0.39, 0.29) is 12.5 Å². The molecule has 0 atom stereocenters. The van der Waals surface area contributed by atoms with E-state index in [4.69, 9.17) is 5.11 Å². The maximum atomic E-state index is 12.3. The van der Waals surface area contributed by atoms with Gasteiger partial charge >= 0.3 is 0 Å². The lowest BCUT2D eigenvalue weighted by Crippen LogP contribution is -2.33. The lowest BCUT2D eigenvalue weighted by Gasteiger charge is -2.21. The minimum atomic E-state index is 0.000617. The van der Waals surface area contributed by atoms with Crippen LogP contribution in [0.15, 0.2) is 12.1 Å². The fourth-order valence-electron chi connectivity index (χ4n) is 1.73. The van der Waals surface area contributed by atoms with Crippen molar-refractivity contribution in [1.82, 2.24) is 4.90 Å². The van der Waals surface area contributed by atoms with E-state index in [9.17, 15) is 4.79 Å². The molecule has 1 aromatic carbocycles. The van der Waals surface area contributed by atoms with Crippen molar-refractivity contribution in [3.05, 3.63) is 32.4 Å². The van der Waals surface area contributed by atoms with Crippen molar-refractivity contribution in [2.24, 2.45) is 0 Å². The first-order chi connectivity index (χ1) is 8.01. The number of hydrogen-bond acceptors (Lipinski definition) is 2. The van der Waals surface area contributed by atoms with Crippen LogP contribution in [0.4, 0.5) is 0 Å². The van der Waals surface area contributed by atoms with Crippen LogP contribution in [0.1, 0.15) is 28.4 Å². The molecule has 94 valence electrons. The molecule has 4 heteroatoms. The molecule has 1 rings (SSSR count). The van der Waals surface area contributed by atoms with Gasteiger partial charge in [-0.1, -0.05) is 0 Å². The smallest absolute Gasteiger partial charge is 0.254 e. The van der Waals surface area contributed by atoms with E-state index in [0.29, 0.717) is 13.1 Å². The molecule has 17 heavy (non-hydrogen) atoms. The van der Waals surface area contributed by atoms with Crippen LogP contribution in [-0.4, -0.2) is 35.6 Å². The minimum Gasteiger partial charge on any atom is -0.395 e. The van der Waals surface area contributed by atoms with Crippen LogP contribution in [0, 0.1) is 17.4 Å². The molecular formula is C13H18INO2. The Morgan fingerprint density at radius 3 is 2.59 bits per heavy atom. The van der Waals surface area contributed by atoms with Gasteiger partial charge in [-0.2, -0.15) is 0 Å². The molecule has 1 N–H and O–H groups in total. The highest BCUT2D eigenvalue weighted by Crippen LogP contribution is 2.19. The van der Waals surface area contributed by atoms with Gasteiger partial charge in [0.25, 0.3) is 5.91 Å². The fourth-order valence-corrected chi connectivity index (χ4v) is 2.51. The topological polar surface area (TPSA) is 40.5 Å². The summed E-state index contributed by atoms with van der Waals surface area (Å²) in [6.07, 6.45) is 0. The number of nitrogens with zero attached hydrogens (tertiary/aromatic N) is 1. The third-order valence-corrected chi connectivity index (χ3v) is 3.52. The van der Waals surface area contributed by atoms with E-state index >= 15 is 0 Å². The first kappa shape index (κ1) is 14.4. The molecule has 0 heterocycles. The molecule has 0 saturated carbocycles. The number of rotatable bonds is 4. The summed E-state index contributed by atoms with van der Waals surface area (Å²) in [4.78, 5) is 14.0. The second-order valence-corrected chi connectivity index (χ2v) is 5.25. The van der Waals surface area contributed by atoms with Gasteiger partial charge in [0, 0.05) is 22.2 Å². The van der Waals surface area contributed by atoms with Crippen molar-refractivity contribution in [3.8, 4) is 0 Å². The zero-order valence-electron chi connectivity index (χ0n) is 10.5.